The minimum atomic E-state index is -0.186. The molecule has 1 aromatic carbocycles. The van der Waals surface area contributed by atoms with Crippen LogP contribution in [0.5, 0.6) is 0 Å². The van der Waals surface area contributed by atoms with Crippen molar-refractivity contribution < 1.29 is 4.79 Å². The van der Waals surface area contributed by atoms with Crippen LogP contribution in [0.4, 0.5) is 0 Å². The molecule has 2 N–H and O–H groups in total. The molecule has 4 nitrogen and oxygen atoms in total. The Bertz CT molecular complexity index is 617. The monoisotopic (exact) mass is 269 g/mol. The zero-order valence-electron chi connectivity index (χ0n) is 11.6. The van der Waals surface area contributed by atoms with Gasteiger partial charge in [-0.25, -0.2) is 0 Å². The number of benzene rings is 1. The van der Waals surface area contributed by atoms with Crippen LogP contribution >= 0.6 is 0 Å². The van der Waals surface area contributed by atoms with Crippen molar-refractivity contribution in [1.82, 2.24) is 15.6 Å². The van der Waals surface area contributed by atoms with Crippen LogP contribution < -0.4 is 10.6 Å². The third-order valence-electron chi connectivity index (χ3n) is 3.63. The maximum Gasteiger partial charge on any atom is 0.237 e. The second-order valence-corrected chi connectivity index (χ2v) is 5.38. The minimum Gasteiger partial charge on any atom is -0.352 e. The number of carbonyl (C=O) groups is 1. The van der Waals surface area contributed by atoms with E-state index in [2.05, 4.69) is 27.8 Å². The zero-order chi connectivity index (χ0) is 13.9. The van der Waals surface area contributed by atoms with Gasteiger partial charge in [0.25, 0.3) is 0 Å². The summed E-state index contributed by atoms with van der Waals surface area (Å²) in [7, 11) is 0. The van der Waals surface area contributed by atoms with Crippen molar-refractivity contribution in [2.75, 3.05) is 0 Å². The fourth-order valence-electron chi connectivity index (χ4n) is 2.22. The van der Waals surface area contributed by atoms with E-state index in [-0.39, 0.29) is 11.9 Å². The molecule has 4 heteroatoms. The highest BCUT2D eigenvalue weighted by atomic mass is 16.2. The van der Waals surface area contributed by atoms with E-state index in [1.54, 1.807) is 6.20 Å². The van der Waals surface area contributed by atoms with Gasteiger partial charge in [0.15, 0.2) is 0 Å². The highest BCUT2D eigenvalue weighted by Crippen LogP contribution is 2.19. The van der Waals surface area contributed by atoms with Crippen LogP contribution in [0.3, 0.4) is 0 Å². The largest absolute Gasteiger partial charge is 0.352 e. The van der Waals surface area contributed by atoms with Gasteiger partial charge in [-0.05, 0) is 31.4 Å². The zero-order valence-corrected chi connectivity index (χ0v) is 11.6. The molecule has 0 bridgehead atoms. The average molecular weight is 269 g/mol. The Morgan fingerprint density at radius 2 is 2.15 bits per heavy atom. The summed E-state index contributed by atoms with van der Waals surface area (Å²) in [5.41, 5.74) is 2.12. The molecular weight excluding hydrogens is 250 g/mol. The van der Waals surface area contributed by atoms with E-state index in [9.17, 15) is 4.79 Å². The molecular formula is C16H19N3O. The fourth-order valence-corrected chi connectivity index (χ4v) is 2.22. The molecule has 1 atom stereocenters. The standard InChI is InChI=1S/C16H19N3O/c1-11(16(20)19-14-7-8-14)18-10-13-5-2-4-12-6-3-9-17-15(12)13/h2-6,9,11,14,18H,7-8,10H2,1H3,(H,19,20). The first kappa shape index (κ1) is 13.1. The molecule has 1 fully saturated rings. The van der Waals surface area contributed by atoms with Crippen LogP contribution in [0.15, 0.2) is 36.5 Å². The fraction of sp³-hybridized carbons (Fsp3) is 0.375. The van der Waals surface area contributed by atoms with Gasteiger partial charge >= 0.3 is 0 Å². The number of rotatable bonds is 5. The number of aromatic nitrogens is 1. The van der Waals surface area contributed by atoms with Gasteiger partial charge in [-0.15, -0.1) is 0 Å². The number of fused-ring (bicyclic) bond motifs is 1. The average Bonchev–Trinajstić information content (AvgIpc) is 3.28. The third kappa shape index (κ3) is 2.96. The predicted octanol–water partition coefficient (Wildman–Crippen LogP) is 1.99. The number of nitrogens with zero attached hydrogens (tertiary/aromatic N) is 1. The van der Waals surface area contributed by atoms with Crippen LogP contribution in [0.25, 0.3) is 10.9 Å². The predicted molar refractivity (Wildman–Crippen MR) is 79.2 cm³/mol. The number of carbonyl (C=O) groups excluding carboxylic acids is 1. The van der Waals surface area contributed by atoms with E-state index >= 15 is 0 Å². The first-order valence-corrected chi connectivity index (χ1v) is 7.10. The van der Waals surface area contributed by atoms with Gasteiger partial charge in [-0.3, -0.25) is 9.78 Å². The number of amides is 1. The van der Waals surface area contributed by atoms with Crippen molar-refractivity contribution >= 4 is 16.8 Å². The van der Waals surface area contributed by atoms with Crippen molar-refractivity contribution in [3.63, 3.8) is 0 Å². The van der Waals surface area contributed by atoms with Crippen molar-refractivity contribution in [1.29, 1.82) is 0 Å². The Morgan fingerprint density at radius 3 is 2.95 bits per heavy atom. The van der Waals surface area contributed by atoms with Gasteiger partial charge in [-0.1, -0.05) is 24.3 Å². The lowest BCUT2D eigenvalue weighted by Crippen LogP contribution is -2.42. The molecule has 1 amide bonds. The van der Waals surface area contributed by atoms with Crippen molar-refractivity contribution in [2.45, 2.75) is 38.4 Å². The maximum atomic E-state index is 11.9. The number of hydrogen-bond donors (Lipinski definition) is 2. The molecule has 0 saturated heterocycles. The maximum absolute atomic E-state index is 11.9. The summed E-state index contributed by atoms with van der Waals surface area (Å²) >= 11 is 0. The number of nitrogens with one attached hydrogen (secondary N) is 2. The molecule has 3 rings (SSSR count). The second-order valence-electron chi connectivity index (χ2n) is 5.38. The van der Waals surface area contributed by atoms with Gasteiger partial charge in [0.05, 0.1) is 11.6 Å². The lowest BCUT2D eigenvalue weighted by molar-refractivity contribution is -0.122. The number of pyridine rings is 1. The highest BCUT2D eigenvalue weighted by molar-refractivity contribution is 5.83. The van der Waals surface area contributed by atoms with Crippen molar-refractivity contribution in [2.24, 2.45) is 0 Å². The molecule has 1 aliphatic carbocycles. The lowest BCUT2D eigenvalue weighted by Gasteiger charge is -2.14. The highest BCUT2D eigenvalue weighted by Gasteiger charge is 2.25. The molecule has 1 unspecified atom stereocenters. The van der Waals surface area contributed by atoms with Gasteiger partial charge in [-0.2, -0.15) is 0 Å². The molecule has 0 radical (unpaired) electrons. The van der Waals surface area contributed by atoms with Crippen LogP contribution in [-0.4, -0.2) is 23.0 Å². The molecule has 0 aliphatic heterocycles. The Labute approximate surface area is 118 Å². The minimum absolute atomic E-state index is 0.0840. The molecule has 1 heterocycles. The molecule has 1 aliphatic rings. The molecule has 0 spiro atoms. The van der Waals surface area contributed by atoms with Crippen molar-refractivity contribution in [3.8, 4) is 0 Å². The summed E-state index contributed by atoms with van der Waals surface area (Å²) in [6.45, 7) is 2.55. The molecule has 2 aromatic rings. The summed E-state index contributed by atoms with van der Waals surface area (Å²) in [6.07, 6.45) is 4.03. The second kappa shape index (κ2) is 5.59. The van der Waals surface area contributed by atoms with E-state index in [1.165, 1.54) is 0 Å². The number of para-hydroxylation sites is 1. The van der Waals surface area contributed by atoms with E-state index in [1.807, 2.05) is 25.1 Å². The van der Waals surface area contributed by atoms with Gasteiger partial charge < -0.3 is 10.6 Å². The van der Waals surface area contributed by atoms with Gasteiger partial charge in [0.1, 0.15) is 0 Å². The lowest BCUT2D eigenvalue weighted by atomic mass is 10.1. The molecule has 1 aromatic heterocycles. The van der Waals surface area contributed by atoms with Crippen LogP contribution in [0, 0.1) is 0 Å². The summed E-state index contributed by atoms with van der Waals surface area (Å²) in [6, 6.07) is 10.3. The van der Waals surface area contributed by atoms with Gasteiger partial charge in [0, 0.05) is 24.2 Å². The molecule has 1 saturated carbocycles. The first-order chi connectivity index (χ1) is 9.74. The summed E-state index contributed by atoms with van der Waals surface area (Å²) < 4.78 is 0. The number of hydrogen-bond acceptors (Lipinski definition) is 3. The van der Waals surface area contributed by atoms with Crippen LogP contribution in [0.1, 0.15) is 25.3 Å². The molecule has 104 valence electrons. The molecule has 20 heavy (non-hydrogen) atoms. The van der Waals surface area contributed by atoms with E-state index in [0.717, 1.165) is 29.3 Å². The smallest absolute Gasteiger partial charge is 0.237 e. The first-order valence-electron chi connectivity index (χ1n) is 7.10. The van der Waals surface area contributed by atoms with Crippen LogP contribution in [0.2, 0.25) is 0 Å². The van der Waals surface area contributed by atoms with Gasteiger partial charge in [0.2, 0.25) is 5.91 Å². The Hall–Kier alpha value is -1.94. The Kier molecular flexibility index (Phi) is 3.65. The van der Waals surface area contributed by atoms with Crippen LogP contribution in [-0.2, 0) is 11.3 Å². The summed E-state index contributed by atoms with van der Waals surface area (Å²) in [5, 5.41) is 7.41. The summed E-state index contributed by atoms with van der Waals surface area (Å²) in [5.74, 6) is 0.0840. The Morgan fingerprint density at radius 1 is 1.35 bits per heavy atom. The topological polar surface area (TPSA) is 54.0 Å². The van der Waals surface area contributed by atoms with Crippen molar-refractivity contribution in [3.05, 3.63) is 42.1 Å². The summed E-state index contributed by atoms with van der Waals surface area (Å²) in [4.78, 5) is 16.3. The third-order valence-corrected chi connectivity index (χ3v) is 3.63. The normalized spacial score (nSPS) is 16.1. The Balaban J connectivity index is 1.65. The van der Waals surface area contributed by atoms with E-state index < -0.39 is 0 Å². The van der Waals surface area contributed by atoms with E-state index in [4.69, 9.17) is 0 Å². The van der Waals surface area contributed by atoms with E-state index in [0.29, 0.717) is 12.6 Å². The quantitative estimate of drug-likeness (QED) is 0.873. The SMILES string of the molecule is CC(NCc1cccc2cccnc12)C(=O)NC1CC1.